The first kappa shape index (κ1) is 15.4. The number of rotatable bonds is 7. The summed E-state index contributed by atoms with van der Waals surface area (Å²) >= 11 is 0. The van der Waals surface area contributed by atoms with E-state index in [1.165, 1.54) is 0 Å². The van der Waals surface area contributed by atoms with Gasteiger partial charge in [-0.2, -0.15) is 0 Å². The van der Waals surface area contributed by atoms with E-state index in [-0.39, 0.29) is 18.4 Å². The van der Waals surface area contributed by atoms with E-state index in [9.17, 15) is 9.59 Å². The number of ether oxygens (including phenoxy) is 1. The minimum absolute atomic E-state index is 0.0368. The number of methoxy groups -OCH3 is 1. The zero-order chi connectivity index (χ0) is 15.2. The normalized spacial score (nSPS) is 13.6. The number of hydrogen-bond acceptors (Lipinski definition) is 3. The van der Waals surface area contributed by atoms with Crippen LogP contribution in [0.5, 0.6) is 5.75 Å². The van der Waals surface area contributed by atoms with Gasteiger partial charge < -0.3 is 15.0 Å². The van der Waals surface area contributed by atoms with E-state index in [0.717, 1.165) is 24.2 Å². The Morgan fingerprint density at radius 3 is 2.67 bits per heavy atom. The highest BCUT2D eigenvalue weighted by Crippen LogP contribution is 2.30. The Morgan fingerprint density at radius 2 is 2.05 bits per heavy atom. The van der Waals surface area contributed by atoms with Gasteiger partial charge in [0, 0.05) is 24.6 Å². The van der Waals surface area contributed by atoms with Gasteiger partial charge in [0.1, 0.15) is 5.75 Å². The fraction of sp³-hybridized carbons (Fsp3) is 0.500. The average Bonchev–Trinajstić information content (AvgIpc) is 3.34. The molecule has 1 N–H and O–H groups in total. The largest absolute Gasteiger partial charge is 0.496 e. The molecule has 5 nitrogen and oxygen atoms in total. The lowest BCUT2D eigenvalue weighted by Crippen LogP contribution is -2.40. The van der Waals surface area contributed by atoms with Crippen molar-refractivity contribution < 1.29 is 14.3 Å². The Bertz CT molecular complexity index is 512. The first-order chi connectivity index (χ1) is 10.2. The number of nitrogens with zero attached hydrogens (tertiary/aromatic N) is 1. The van der Waals surface area contributed by atoms with Gasteiger partial charge in [-0.25, -0.2) is 0 Å². The number of hydrogen-bond donors (Lipinski definition) is 1. The van der Waals surface area contributed by atoms with Crippen molar-refractivity contribution in [1.82, 2.24) is 10.2 Å². The van der Waals surface area contributed by atoms with Crippen molar-refractivity contribution in [3.8, 4) is 5.75 Å². The Morgan fingerprint density at radius 1 is 1.33 bits per heavy atom. The molecule has 0 atom stereocenters. The summed E-state index contributed by atoms with van der Waals surface area (Å²) in [5, 5.41) is 2.65. The maximum absolute atomic E-state index is 12.3. The molecule has 1 aromatic rings. The van der Waals surface area contributed by atoms with Gasteiger partial charge >= 0.3 is 0 Å². The van der Waals surface area contributed by atoms with E-state index in [0.29, 0.717) is 19.0 Å². The Kier molecular flexibility index (Phi) is 5.20. The monoisotopic (exact) mass is 290 g/mol. The van der Waals surface area contributed by atoms with Crippen LogP contribution in [0.4, 0.5) is 0 Å². The third kappa shape index (κ3) is 4.21. The fourth-order valence-electron chi connectivity index (χ4n) is 2.22. The third-order valence-electron chi connectivity index (χ3n) is 3.60. The maximum Gasteiger partial charge on any atom is 0.242 e. The van der Waals surface area contributed by atoms with Crippen molar-refractivity contribution in [3.63, 3.8) is 0 Å². The predicted octanol–water partition coefficient (Wildman–Crippen LogP) is 1.71. The smallest absolute Gasteiger partial charge is 0.242 e. The number of para-hydroxylation sites is 1. The number of benzene rings is 1. The van der Waals surface area contributed by atoms with Gasteiger partial charge in [-0.3, -0.25) is 9.59 Å². The minimum atomic E-state index is -0.101. The van der Waals surface area contributed by atoms with Crippen molar-refractivity contribution in [3.05, 3.63) is 29.8 Å². The lowest BCUT2D eigenvalue weighted by atomic mass is 10.2. The Balaban J connectivity index is 2.02. The molecular weight excluding hydrogens is 268 g/mol. The molecule has 0 aliphatic heterocycles. The van der Waals surface area contributed by atoms with Crippen molar-refractivity contribution in [1.29, 1.82) is 0 Å². The van der Waals surface area contributed by atoms with E-state index < -0.39 is 0 Å². The van der Waals surface area contributed by atoms with Crippen molar-refractivity contribution in [2.45, 2.75) is 38.8 Å². The summed E-state index contributed by atoms with van der Waals surface area (Å²) in [6, 6.07) is 8.00. The van der Waals surface area contributed by atoms with E-state index >= 15 is 0 Å². The van der Waals surface area contributed by atoms with Crippen LogP contribution in [0.2, 0.25) is 0 Å². The maximum atomic E-state index is 12.3. The molecular formula is C16H22N2O3. The summed E-state index contributed by atoms with van der Waals surface area (Å²) < 4.78 is 5.33. The number of nitrogens with one attached hydrogen (secondary N) is 1. The molecule has 0 unspecified atom stereocenters. The Hall–Kier alpha value is -2.04. The first-order valence-corrected chi connectivity index (χ1v) is 7.33. The highest BCUT2D eigenvalue weighted by Gasteiger charge is 2.32. The van der Waals surface area contributed by atoms with Crippen LogP contribution in [0.3, 0.4) is 0 Å². The molecule has 1 aromatic carbocycles. The number of carbonyl (C=O) groups is 2. The molecule has 0 saturated heterocycles. The van der Waals surface area contributed by atoms with Gasteiger partial charge in [0.2, 0.25) is 11.8 Å². The van der Waals surface area contributed by atoms with Gasteiger partial charge in [-0.1, -0.05) is 25.1 Å². The van der Waals surface area contributed by atoms with Crippen LogP contribution in [0.25, 0.3) is 0 Å². The molecule has 1 fully saturated rings. The van der Waals surface area contributed by atoms with Crippen molar-refractivity contribution in [2.24, 2.45) is 0 Å². The molecule has 21 heavy (non-hydrogen) atoms. The zero-order valence-corrected chi connectivity index (χ0v) is 12.6. The standard InChI is InChI=1S/C16H22N2O3/c1-3-15(19)17-10-16(20)18(13-8-9-13)11-12-6-4-5-7-14(12)21-2/h4-7,13H,3,8-11H2,1-2H3,(H,17,19). The van der Waals surface area contributed by atoms with Gasteiger partial charge in [-0.05, 0) is 18.9 Å². The third-order valence-corrected chi connectivity index (χ3v) is 3.60. The summed E-state index contributed by atoms with van der Waals surface area (Å²) in [5.41, 5.74) is 0.988. The van der Waals surface area contributed by atoms with Crippen LogP contribution in [-0.2, 0) is 16.1 Å². The van der Waals surface area contributed by atoms with Crippen molar-refractivity contribution >= 4 is 11.8 Å². The first-order valence-electron chi connectivity index (χ1n) is 7.33. The fourth-order valence-corrected chi connectivity index (χ4v) is 2.22. The molecule has 1 aliphatic rings. The summed E-state index contributed by atoms with van der Waals surface area (Å²) in [6.45, 7) is 2.36. The second-order valence-electron chi connectivity index (χ2n) is 5.19. The minimum Gasteiger partial charge on any atom is -0.496 e. The average molecular weight is 290 g/mol. The SMILES string of the molecule is CCC(=O)NCC(=O)N(Cc1ccccc1OC)C1CC1. The highest BCUT2D eigenvalue weighted by atomic mass is 16.5. The molecule has 0 heterocycles. The second kappa shape index (κ2) is 7.11. The van der Waals surface area contributed by atoms with Crippen LogP contribution in [0.15, 0.2) is 24.3 Å². The molecule has 0 spiro atoms. The Labute approximate surface area is 125 Å². The van der Waals surface area contributed by atoms with Gasteiger partial charge in [0.25, 0.3) is 0 Å². The molecule has 2 rings (SSSR count). The van der Waals surface area contributed by atoms with Crippen molar-refractivity contribution in [2.75, 3.05) is 13.7 Å². The van der Waals surface area contributed by atoms with Gasteiger partial charge in [0.15, 0.2) is 0 Å². The van der Waals surface area contributed by atoms with Gasteiger partial charge in [0.05, 0.1) is 13.7 Å². The molecule has 5 heteroatoms. The predicted molar refractivity (Wildman–Crippen MR) is 79.9 cm³/mol. The van der Waals surface area contributed by atoms with Crippen LogP contribution in [-0.4, -0.2) is 36.4 Å². The molecule has 0 aromatic heterocycles. The van der Waals surface area contributed by atoms with Crippen LogP contribution >= 0.6 is 0 Å². The van der Waals surface area contributed by atoms with Crippen LogP contribution in [0.1, 0.15) is 31.7 Å². The van der Waals surface area contributed by atoms with E-state index in [4.69, 9.17) is 4.74 Å². The van der Waals surface area contributed by atoms with Crippen LogP contribution < -0.4 is 10.1 Å². The molecule has 0 radical (unpaired) electrons. The van der Waals surface area contributed by atoms with E-state index in [2.05, 4.69) is 5.32 Å². The quantitative estimate of drug-likeness (QED) is 0.831. The molecule has 2 amide bonds. The lowest BCUT2D eigenvalue weighted by molar-refractivity contribution is -0.133. The zero-order valence-electron chi connectivity index (χ0n) is 12.6. The summed E-state index contributed by atoms with van der Waals surface area (Å²) in [4.78, 5) is 25.4. The van der Waals surface area contributed by atoms with E-state index in [1.807, 2.05) is 29.2 Å². The lowest BCUT2D eigenvalue weighted by Gasteiger charge is -2.23. The number of carbonyl (C=O) groups excluding carboxylic acids is 2. The summed E-state index contributed by atoms with van der Waals surface area (Å²) in [7, 11) is 1.63. The number of amides is 2. The molecule has 1 saturated carbocycles. The topological polar surface area (TPSA) is 58.6 Å². The highest BCUT2D eigenvalue weighted by molar-refractivity contribution is 5.85. The molecule has 114 valence electrons. The molecule has 1 aliphatic carbocycles. The van der Waals surface area contributed by atoms with E-state index in [1.54, 1.807) is 14.0 Å². The molecule has 0 bridgehead atoms. The summed E-state index contributed by atoms with van der Waals surface area (Å²) in [5.74, 6) is 0.648. The van der Waals surface area contributed by atoms with Crippen LogP contribution in [0, 0.1) is 0 Å². The second-order valence-corrected chi connectivity index (χ2v) is 5.19. The van der Waals surface area contributed by atoms with Gasteiger partial charge in [-0.15, -0.1) is 0 Å². The summed E-state index contributed by atoms with van der Waals surface area (Å²) in [6.07, 6.45) is 2.45.